The molecule has 0 bridgehead atoms. The molecule has 156 valence electrons. The number of aromatic nitrogens is 4. The second-order valence-corrected chi connectivity index (χ2v) is 6.86. The summed E-state index contributed by atoms with van der Waals surface area (Å²) in [6.45, 7) is 0. The first-order chi connectivity index (χ1) is 15.1. The minimum Gasteiger partial charge on any atom is -0.469 e. The van der Waals surface area contributed by atoms with E-state index in [0.717, 1.165) is 16.8 Å². The highest BCUT2D eigenvalue weighted by Crippen LogP contribution is 2.21. The number of hydrogen-bond acceptors (Lipinski definition) is 5. The van der Waals surface area contributed by atoms with Gasteiger partial charge in [-0.05, 0) is 29.8 Å². The molecule has 0 saturated carbocycles. The van der Waals surface area contributed by atoms with Gasteiger partial charge in [0.2, 0.25) is 5.95 Å². The molecule has 4 aromatic rings. The van der Waals surface area contributed by atoms with Crippen LogP contribution in [0.4, 0.5) is 5.95 Å². The number of benzene rings is 2. The Morgan fingerprint density at radius 2 is 1.94 bits per heavy atom. The van der Waals surface area contributed by atoms with E-state index in [1.165, 1.54) is 7.11 Å². The topological polar surface area (TPSA) is 102 Å². The Balaban J connectivity index is 1.61. The van der Waals surface area contributed by atoms with Crippen LogP contribution in [0.25, 0.3) is 16.8 Å². The molecule has 2 aromatic carbocycles. The Kier molecular flexibility index (Phi) is 5.89. The van der Waals surface area contributed by atoms with Crippen molar-refractivity contribution in [3.63, 3.8) is 0 Å². The molecule has 0 aliphatic rings. The lowest BCUT2D eigenvalue weighted by Crippen LogP contribution is -2.15. The second-order valence-electron chi connectivity index (χ2n) is 6.86. The van der Waals surface area contributed by atoms with Crippen LogP contribution in [0.2, 0.25) is 0 Å². The Labute approximate surface area is 178 Å². The third kappa shape index (κ3) is 4.69. The first-order valence-corrected chi connectivity index (χ1v) is 9.75. The highest BCUT2D eigenvalue weighted by atomic mass is 16.5. The molecule has 4 rings (SSSR count). The molecule has 8 heteroatoms. The van der Waals surface area contributed by atoms with Gasteiger partial charge in [-0.2, -0.15) is 5.10 Å². The van der Waals surface area contributed by atoms with Crippen LogP contribution in [0.1, 0.15) is 22.5 Å². The highest BCUT2D eigenvalue weighted by molar-refractivity contribution is 6.04. The van der Waals surface area contributed by atoms with Crippen molar-refractivity contribution < 1.29 is 14.3 Å². The van der Waals surface area contributed by atoms with E-state index in [4.69, 9.17) is 4.74 Å². The van der Waals surface area contributed by atoms with E-state index in [2.05, 4.69) is 20.5 Å². The van der Waals surface area contributed by atoms with Crippen LogP contribution >= 0.6 is 0 Å². The fourth-order valence-corrected chi connectivity index (χ4v) is 3.18. The lowest BCUT2D eigenvalue weighted by molar-refractivity contribution is -0.140. The predicted octanol–water partition coefficient (Wildman–Crippen LogP) is 3.62. The number of H-pyrrole nitrogens is 1. The fraction of sp³-hybridized carbons (Fsp3) is 0.130. The average Bonchev–Trinajstić information content (AvgIpc) is 3.48. The number of nitrogens with one attached hydrogen (secondary N) is 2. The standard InChI is InChI=1S/C23H21N5O3/c1-31-21(29)11-10-19-15-28(20-8-3-2-4-9-20)23(26-19)27-22(30)17-7-5-6-16(12-17)18-13-24-25-14-18/h2-9,12-15H,10-11H2,1H3,(H,24,25)(H,26,27,30). The summed E-state index contributed by atoms with van der Waals surface area (Å²) in [5, 5.41) is 9.62. The van der Waals surface area contributed by atoms with E-state index in [-0.39, 0.29) is 18.3 Å². The number of ether oxygens (including phenoxy) is 1. The van der Waals surface area contributed by atoms with Crippen molar-refractivity contribution in [2.24, 2.45) is 0 Å². The number of amides is 1. The summed E-state index contributed by atoms with van der Waals surface area (Å²) in [5.74, 6) is -0.215. The molecule has 0 atom stereocenters. The maximum atomic E-state index is 13.0. The number of carbonyl (C=O) groups is 2. The van der Waals surface area contributed by atoms with E-state index >= 15 is 0 Å². The molecular formula is C23H21N5O3. The molecule has 0 radical (unpaired) electrons. The lowest BCUT2D eigenvalue weighted by Gasteiger charge is -2.09. The SMILES string of the molecule is COC(=O)CCc1cn(-c2ccccc2)c(NC(=O)c2cccc(-c3cn[nH]c3)c2)n1. The first kappa shape index (κ1) is 20.1. The summed E-state index contributed by atoms with van der Waals surface area (Å²) in [6, 6.07) is 16.8. The molecule has 0 spiro atoms. The van der Waals surface area contributed by atoms with Gasteiger partial charge in [0.1, 0.15) is 0 Å². The summed E-state index contributed by atoms with van der Waals surface area (Å²) >= 11 is 0. The van der Waals surface area contributed by atoms with Gasteiger partial charge >= 0.3 is 5.97 Å². The smallest absolute Gasteiger partial charge is 0.305 e. The van der Waals surface area contributed by atoms with Gasteiger partial charge in [0, 0.05) is 35.6 Å². The molecule has 0 aliphatic carbocycles. The number of imidazole rings is 1. The molecule has 0 fully saturated rings. The number of para-hydroxylation sites is 1. The van der Waals surface area contributed by atoms with E-state index in [0.29, 0.717) is 23.6 Å². The van der Waals surface area contributed by atoms with Crippen molar-refractivity contribution >= 4 is 17.8 Å². The number of esters is 1. The number of aryl methyl sites for hydroxylation is 1. The Morgan fingerprint density at radius 3 is 2.68 bits per heavy atom. The van der Waals surface area contributed by atoms with Gasteiger partial charge in [-0.25, -0.2) is 4.98 Å². The highest BCUT2D eigenvalue weighted by Gasteiger charge is 2.15. The molecule has 31 heavy (non-hydrogen) atoms. The molecule has 0 saturated heterocycles. The lowest BCUT2D eigenvalue weighted by atomic mass is 10.1. The Bertz CT molecular complexity index is 1180. The summed E-state index contributed by atoms with van der Waals surface area (Å²) in [4.78, 5) is 29.0. The first-order valence-electron chi connectivity index (χ1n) is 9.75. The van der Waals surface area contributed by atoms with E-state index in [1.807, 2.05) is 48.7 Å². The summed E-state index contributed by atoms with van der Waals surface area (Å²) in [7, 11) is 1.36. The average molecular weight is 415 g/mol. The number of methoxy groups -OCH3 is 1. The molecular weight excluding hydrogens is 394 g/mol. The molecule has 0 unspecified atom stereocenters. The van der Waals surface area contributed by atoms with Crippen molar-refractivity contribution in [3.8, 4) is 16.8 Å². The minimum absolute atomic E-state index is 0.211. The van der Waals surface area contributed by atoms with Crippen molar-refractivity contribution in [2.45, 2.75) is 12.8 Å². The van der Waals surface area contributed by atoms with Crippen molar-refractivity contribution in [2.75, 3.05) is 12.4 Å². The number of anilines is 1. The zero-order chi connectivity index (χ0) is 21.6. The zero-order valence-electron chi connectivity index (χ0n) is 16.9. The summed E-state index contributed by atoms with van der Waals surface area (Å²) in [5.41, 5.74) is 3.80. The van der Waals surface area contributed by atoms with Gasteiger partial charge in [-0.3, -0.25) is 24.6 Å². The van der Waals surface area contributed by atoms with Crippen LogP contribution in [0, 0.1) is 0 Å². The van der Waals surface area contributed by atoms with Gasteiger partial charge < -0.3 is 4.74 Å². The van der Waals surface area contributed by atoms with Crippen LogP contribution < -0.4 is 5.32 Å². The number of nitrogens with zero attached hydrogens (tertiary/aromatic N) is 3. The summed E-state index contributed by atoms with van der Waals surface area (Å²) in [6.07, 6.45) is 5.91. The summed E-state index contributed by atoms with van der Waals surface area (Å²) < 4.78 is 6.50. The van der Waals surface area contributed by atoms with Gasteiger partial charge in [0.05, 0.1) is 25.4 Å². The van der Waals surface area contributed by atoms with E-state index < -0.39 is 0 Å². The van der Waals surface area contributed by atoms with Gasteiger partial charge in [-0.15, -0.1) is 0 Å². The van der Waals surface area contributed by atoms with E-state index in [1.54, 1.807) is 29.1 Å². The molecule has 1 amide bonds. The molecule has 2 N–H and O–H groups in total. The van der Waals surface area contributed by atoms with Crippen LogP contribution in [0.5, 0.6) is 0 Å². The maximum absolute atomic E-state index is 13.0. The molecule has 0 aliphatic heterocycles. The second kappa shape index (κ2) is 9.08. The van der Waals surface area contributed by atoms with Crippen LogP contribution in [0.3, 0.4) is 0 Å². The predicted molar refractivity (Wildman–Crippen MR) is 116 cm³/mol. The van der Waals surface area contributed by atoms with Crippen LogP contribution in [-0.2, 0) is 16.0 Å². The van der Waals surface area contributed by atoms with Crippen LogP contribution in [-0.4, -0.2) is 38.7 Å². The van der Waals surface area contributed by atoms with Gasteiger partial charge in [0.25, 0.3) is 5.91 Å². The Hall–Kier alpha value is -4.20. The molecule has 8 nitrogen and oxygen atoms in total. The van der Waals surface area contributed by atoms with Crippen molar-refractivity contribution in [1.82, 2.24) is 19.7 Å². The maximum Gasteiger partial charge on any atom is 0.305 e. The largest absolute Gasteiger partial charge is 0.469 e. The van der Waals surface area contributed by atoms with Gasteiger partial charge in [-0.1, -0.05) is 30.3 Å². The third-order valence-corrected chi connectivity index (χ3v) is 4.78. The number of hydrogen-bond donors (Lipinski definition) is 2. The third-order valence-electron chi connectivity index (χ3n) is 4.78. The molecule has 2 aromatic heterocycles. The number of aromatic amines is 1. The quantitative estimate of drug-likeness (QED) is 0.449. The minimum atomic E-state index is -0.309. The Morgan fingerprint density at radius 1 is 1.10 bits per heavy atom. The zero-order valence-corrected chi connectivity index (χ0v) is 16.9. The number of rotatable bonds is 7. The monoisotopic (exact) mass is 415 g/mol. The molecule has 2 heterocycles. The fourth-order valence-electron chi connectivity index (χ4n) is 3.18. The van der Waals surface area contributed by atoms with Crippen molar-refractivity contribution in [3.05, 3.63) is 84.4 Å². The van der Waals surface area contributed by atoms with E-state index in [9.17, 15) is 9.59 Å². The number of carbonyl (C=O) groups excluding carboxylic acids is 2. The van der Waals surface area contributed by atoms with Gasteiger partial charge in [0.15, 0.2) is 0 Å². The van der Waals surface area contributed by atoms with Crippen molar-refractivity contribution in [1.29, 1.82) is 0 Å². The normalized spacial score (nSPS) is 10.6. The van der Waals surface area contributed by atoms with Crippen LogP contribution in [0.15, 0.2) is 73.2 Å².